The molecule has 2 amide bonds. The minimum Gasteiger partial charge on any atom is -0.369 e. The van der Waals surface area contributed by atoms with Crippen LogP contribution in [0.5, 0.6) is 0 Å². The van der Waals surface area contributed by atoms with E-state index in [1.807, 2.05) is 37.7 Å². The van der Waals surface area contributed by atoms with Crippen molar-refractivity contribution >= 4 is 11.8 Å². The van der Waals surface area contributed by atoms with Crippen LogP contribution in [0.15, 0.2) is 12.2 Å². The maximum atomic E-state index is 12.2. The van der Waals surface area contributed by atoms with Gasteiger partial charge < -0.3 is 11.1 Å². The van der Waals surface area contributed by atoms with Crippen LogP contribution < -0.4 is 11.1 Å². The Morgan fingerprint density at radius 3 is 2.64 bits per heavy atom. The zero-order chi connectivity index (χ0) is 16.3. The number of aryl methyl sites for hydroxylation is 2. The molecular weight excluding hydrogens is 280 g/mol. The highest BCUT2D eigenvalue weighted by atomic mass is 16.2. The molecule has 1 aromatic heterocycles. The average Bonchev–Trinajstić information content (AvgIpc) is 2.70. The summed E-state index contributed by atoms with van der Waals surface area (Å²) in [7, 11) is 1.90. The summed E-state index contributed by atoms with van der Waals surface area (Å²) in [6, 6.07) is -0.189. The standard InChI is InChI=1S/C16H24N4O2/c1-10-12(11(2)20(3)19-10)8-9-15(21)18-14-7-5-4-6-13(14)16(17)22/h4-5,13-14H,6-9H2,1-3H3,(H2,17,22)(H,18,21). The van der Waals surface area contributed by atoms with Crippen LogP contribution in [0.2, 0.25) is 0 Å². The lowest BCUT2D eigenvalue weighted by Gasteiger charge is -2.26. The number of hydrogen-bond acceptors (Lipinski definition) is 3. The Morgan fingerprint density at radius 2 is 2.05 bits per heavy atom. The first-order chi connectivity index (χ1) is 10.4. The number of carbonyl (C=O) groups is 2. The van der Waals surface area contributed by atoms with E-state index in [1.165, 1.54) is 0 Å². The largest absolute Gasteiger partial charge is 0.369 e. The molecule has 1 aromatic rings. The number of rotatable bonds is 5. The fourth-order valence-corrected chi connectivity index (χ4v) is 2.98. The molecular formula is C16H24N4O2. The molecule has 3 N–H and O–H groups in total. The van der Waals surface area contributed by atoms with Crippen LogP contribution in [-0.2, 0) is 23.1 Å². The molecule has 120 valence electrons. The molecule has 1 heterocycles. The van der Waals surface area contributed by atoms with Crippen molar-refractivity contribution in [2.45, 2.75) is 45.6 Å². The predicted molar refractivity (Wildman–Crippen MR) is 84.0 cm³/mol. The van der Waals surface area contributed by atoms with E-state index in [2.05, 4.69) is 10.4 Å². The Morgan fingerprint density at radius 1 is 1.36 bits per heavy atom. The van der Waals surface area contributed by atoms with Crippen LogP contribution >= 0.6 is 0 Å². The van der Waals surface area contributed by atoms with Gasteiger partial charge in [0.05, 0.1) is 11.6 Å². The van der Waals surface area contributed by atoms with E-state index in [0.717, 1.165) is 17.0 Å². The van der Waals surface area contributed by atoms with E-state index in [4.69, 9.17) is 5.73 Å². The van der Waals surface area contributed by atoms with Gasteiger partial charge in [-0.1, -0.05) is 12.2 Å². The lowest BCUT2D eigenvalue weighted by atomic mass is 9.88. The number of nitrogens with two attached hydrogens (primary N) is 1. The summed E-state index contributed by atoms with van der Waals surface area (Å²) in [5.41, 5.74) is 8.57. The molecule has 0 saturated carbocycles. The maximum Gasteiger partial charge on any atom is 0.222 e. The Hall–Kier alpha value is -2.11. The number of aromatic nitrogens is 2. The summed E-state index contributed by atoms with van der Waals surface area (Å²) >= 11 is 0. The van der Waals surface area contributed by atoms with Crippen LogP contribution in [0.3, 0.4) is 0 Å². The van der Waals surface area contributed by atoms with Gasteiger partial charge in [0.1, 0.15) is 0 Å². The first-order valence-electron chi connectivity index (χ1n) is 7.63. The summed E-state index contributed by atoms with van der Waals surface area (Å²) in [4.78, 5) is 23.6. The Bertz CT molecular complexity index is 604. The maximum absolute atomic E-state index is 12.2. The smallest absolute Gasteiger partial charge is 0.222 e. The first-order valence-corrected chi connectivity index (χ1v) is 7.63. The molecule has 0 radical (unpaired) electrons. The average molecular weight is 304 g/mol. The van der Waals surface area contributed by atoms with Gasteiger partial charge in [-0.3, -0.25) is 14.3 Å². The minimum absolute atomic E-state index is 0.0470. The summed E-state index contributed by atoms with van der Waals surface area (Å²) in [5.74, 6) is -0.710. The van der Waals surface area contributed by atoms with Gasteiger partial charge in [0.15, 0.2) is 0 Å². The molecule has 2 rings (SSSR count). The number of nitrogens with one attached hydrogen (secondary N) is 1. The molecule has 1 aliphatic carbocycles. The molecule has 6 heteroatoms. The molecule has 2 unspecified atom stereocenters. The van der Waals surface area contributed by atoms with E-state index in [-0.39, 0.29) is 23.8 Å². The third-order valence-corrected chi connectivity index (χ3v) is 4.41. The van der Waals surface area contributed by atoms with Crippen molar-refractivity contribution in [3.8, 4) is 0 Å². The van der Waals surface area contributed by atoms with E-state index >= 15 is 0 Å². The predicted octanol–water partition coefficient (Wildman–Crippen LogP) is 0.906. The van der Waals surface area contributed by atoms with Crippen molar-refractivity contribution in [3.05, 3.63) is 29.1 Å². The number of primary amides is 1. The second kappa shape index (κ2) is 6.77. The van der Waals surface area contributed by atoms with Gasteiger partial charge in [-0.2, -0.15) is 5.10 Å². The third-order valence-electron chi connectivity index (χ3n) is 4.41. The summed E-state index contributed by atoms with van der Waals surface area (Å²) in [5, 5.41) is 7.30. The van der Waals surface area contributed by atoms with E-state index < -0.39 is 0 Å². The molecule has 22 heavy (non-hydrogen) atoms. The summed E-state index contributed by atoms with van der Waals surface area (Å²) in [6.45, 7) is 3.96. The zero-order valence-electron chi connectivity index (χ0n) is 13.4. The number of hydrogen-bond donors (Lipinski definition) is 2. The second-order valence-corrected chi connectivity index (χ2v) is 5.90. The summed E-state index contributed by atoms with van der Waals surface area (Å²) < 4.78 is 1.83. The quantitative estimate of drug-likeness (QED) is 0.792. The first kappa shape index (κ1) is 16.3. The number of allylic oxidation sites excluding steroid dienone is 1. The van der Waals surface area contributed by atoms with Gasteiger partial charge in [-0.15, -0.1) is 0 Å². The topological polar surface area (TPSA) is 90.0 Å². The number of amides is 2. The zero-order valence-corrected chi connectivity index (χ0v) is 13.4. The SMILES string of the molecule is Cc1nn(C)c(C)c1CCC(=O)NC1CC=CCC1C(N)=O. The third kappa shape index (κ3) is 3.55. The van der Waals surface area contributed by atoms with Crippen LogP contribution in [0.4, 0.5) is 0 Å². The van der Waals surface area contributed by atoms with Gasteiger partial charge in [0.2, 0.25) is 11.8 Å². The molecule has 0 bridgehead atoms. The highest BCUT2D eigenvalue weighted by Gasteiger charge is 2.28. The molecule has 6 nitrogen and oxygen atoms in total. The van der Waals surface area contributed by atoms with Crippen LogP contribution in [0, 0.1) is 19.8 Å². The van der Waals surface area contributed by atoms with Gasteiger partial charge in [0, 0.05) is 25.2 Å². The Kier molecular flexibility index (Phi) is 5.00. The van der Waals surface area contributed by atoms with Crippen molar-refractivity contribution in [2.75, 3.05) is 0 Å². The molecule has 0 spiro atoms. The van der Waals surface area contributed by atoms with Crippen LogP contribution in [0.25, 0.3) is 0 Å². The fourth-order valence-electron chi connectivity index (χ4n) is 2.98. The van der Waals surface area contributed by atoms with Crippen molar-refractivity contribution < 1.29 is 9.59 Å². The number of carbonyl (C=O) groups excluding carboxylic acids is 2. The van der Waals surface area contributed by atoms with Gasteiger partial charge in [-0.25, -0.2) is 0 Å². The summed E-state index contributed by atoms with van der Waals surface area (Å²) in [6.07, 6.45) is 6.23. The van der Waals surface area contributed by atoms with Crippen molar-refractivity contribution in [2.24, 2.45) is 18.7 Å². The second-order valence-electron chi connectivity index (χ2n) is 5.90. The van der Waals surface area contributed by atoms with E-state index in [0.29, 0.717) is 25.7 Å². The molecule has 0 fully saturated rings. The number of nitrogens with zero attached hydrogens (tertiary/aromatic N) is 2. The van der Waals surface area contributed by atoms with Crippen molar-refractivity contribution in [1.82, 2.24) is 15.1 Å². The lowest BCUT2D eigenvalue weighted by Crippen LogP contribution is -2.46. The molecule has 1 aliphatic rings. The molecule has 2 atom stereocenters. The monoisotopic (exact) mass is 304 g/mol. The highest BCUT2D eigenvalue weighted by molar-refractivity contribution is 5.81. The Balaban J connectivity index is 1.92. The lowest BCUT2D eigenvalue weighted by molar-refractivity contribution is -0.125. The molecule has 0 saturated heterocycles. The van der Waals surface area contributed by atoms with Crippen LogP contribution in [-0.4, -0.2) is 27.6 Å². The van der Waals surface area contributed by atoms with Gasteiger partial charge in [-0.05, 0) is 38.7 Å². The minimum atomic E-state index is -0.353. The normalized spacial score (nSPS) is 20.9. The van der Waals surface area contributed by atoms with Gasteiger partial charge in [0.25, 0.3) is 0 Å². The van der Waals surface area contributed by atoms with Crippen LogP contribution in [0.1, 0.15) is 36.2 Å². The fraction of sp³-hybridized carbons (Fsp3) is 0.562. The van der Waals surface area contributed by atoms with Gasteiger partial charge >= 0.3 is 0 Å². The molecule has 0 aliphatic heterocycles. The van der Waals surface area contributed by atoms with Crippen molar-refractivity contribution in [1.29, 1.82) is 0 Å². The molecule has 0 aromatic carbocycles. The van der Waals surface area contributed by atoms with Crippen molar-refractivity contribution in [3.63, 3.8) is 0 Å². The van der Waals surface area contributed by atoms with E-state index in [1.54, 1.807) is 0 Å². The Labute approximate surface area is 130 Å². The highest BCUT2D eigenvalue weighted by Crippen LogP contribution is 2.19. The van der Waals surface area contributed by atoms with E-state index in [9.17, 15) is 9.59 Å².